The van der Waals surface area contributed by atoms with E-state index in [1.807, 2.05) is 13.8 Å². The number of hydrogen-bond acceptors (Lipinski definition) is 5. The zero-order valence-electron chi connectivity index (χ0n) is 10.9. The average molecular weight is 275 g/mol. The number of H-pyrrole nitrogens is 1. The maximum Gasteiger partial charge on any atom is 0.354 e. The van der Waals surface area contributed by atoms with Crippen LogP contribution in [-0.2, 0) is 0 Å². The van der Waals surface area contributed by atoms with E-state index in [9.17, 15) is 9.59 Å². The fourth-order valence-corrected chi connectivity index (χ4v) is 1.45. The number of carboxylic acids is 1. The van der Waals surface area contributed by atoms with Crippen molar-refractivity contribution in [3.63, 3.8) is 0 Å². The van der Waals surface area contributed by atoms with Crippen LogP contribution in [0.4, 0.5) is 5.69 Å². The molecule has 0 aromatic carbocycles. The largest absolute Gasteiger partial charge is 0.477 e. The monoisotopic (exact) mass is 275 g/mol. The first-order valence-corrected chi connectivity index (χ1v) is 5.90. The molecule has 0 aliphatic heterocycles. The molecule has 0 radical (unpaired) electrons. The van der Waals surface area contributed by atoms with Crippen molar-refractivity contribution >= 4 is 17.6 Å². The third-order valence-corrected chi connectivity index (χ3v) is 2.49. The third kappa shape index (κ3) is 2.97. The van der Waals surface area contributed by atoms with Crippen LogP contribution >= 0.6 is 0 Å². The number of carbonyl (C=O) groups excluding carboxylic acids is 1. The summed E-state index contributed by atoms with van der Waals surface area (Å²) in [5.74, 6) is -0.946. The predicted molar refractivity (Wildman–Crippen MR) is 69.6 cm³/mol. The number of rotatable bonds is 4. The molecule has 1 amide bonds. The second-order valence-electron chi connectivity index (χ2n) is 4.39. The summed E-state index contributed by atoms with van der Waals surface area (Å²) in [5, 5.41) is 17.8. The van der Waals surface area contributed by atoms with Crippen molar-refractivity contribution in [3.8, 4) is 0 Å². The highest BCUT2D eigenvalue weighted by molar-refractivity contribution is 6.02. The molecule has 0 aliphatic carbocycles. The number of nitrogens with zero attached hydrogens (tertiary/aromatic N) is 3. The molecule has 0 spiro atoms. The maximum atomic E-state index is 11.9. The van der Waals surface area contributed by atoms with Gasteiger partial charge in [0.15, 0.2) is 0 Å². The van der Waals surface area contributed by atoms with Crippen molar-refractivity contribution in [1.82, 2.24) is 20.2 Å². The molecule has 8 nitrogen and oxygen atoms in total. The number of aromatic amines is 1. The molecule has 2 rings (SSSR count). The van der Waals surface area contributed by atoms with Gasteiger partial charge in [0.05, 0.1) is 0 Å². The smallest absolute Gasteiger partial charge is 0.354 e. The van der Waals surface area contributed by atoms with Crippen molar-refractivity contribution in [3.05, 3.63) is 35.7 Å². The number of carbonyl (C=O) groups is 2. The molecule has 2 aromatic rings. The number of carboxylic acid groups (broad SMARTS) is 1. The van der Waals surface area contributed by atoms with Crippen molar-refractivity contribution in [2.75, 3.05) is 5.32 Å². The fourth-order valence-electron chi connectivity index (χ4n) is 1.45. The molecule has 104 valence electrons. The van der Waals surface area contributed by atoms with Gasteiger partial charge in [-0.2, -0.15) is 0 Å². The minimum absolute atomic E-state index is 0.00221. The molecule has 0 saturated heterocycles. The lowest BCUT2D eigenvalue weighted by atomic mass is 10.2. The Kier molecular flexibility index (Phi) is 3.74. The number of aromatic carboxylic acids is 1. The van der Waals surface area contributed by atoms with Crippen LogP contribution < -0.4 is 5.32 Å². The summed E-state index contributed by atoms with van der Waals surface area (Å²) >= 11 is 0. The molecule has 0 saturated carbocycles. The molecule has 0 bridgehead atoms. The van der Waals surface area contributed by atoms with Gasteiger partial charge in [-0.25, -0.2) is 14.8 Å². The molecule has 0 atom stereocenters. The highest BCUT2D eigenvalue weighted by Crippen LogP contribution is 2.11. The first-order valence-electron chi connectivity index (χ1n) is 5.90. The molecule has 3 N–H and O–H groups in total. The third-order valence-electron chi connectivity index (χ3n) is 2.49. The zero-order valence-corrected chi connectivity index (χ0v) is 10.9. The molecule has 2 aromatic heterocycles. The Labute approximate surface area is 114 Å². The van der Waals surface area contributed by atoms with Gasteiger partial charge in [0, 0.05) is 17.8 Å². The van der Waals surface area contributed by atoms with Crippen LogP contribution in [0.1, 0.15) is 46.7 Å². The molecule has 8 heteroatoms. The maximum absolute atomic E-state index is 11.9. The Hall–Kier alpha value is -2.77. The lowest BCUT2D eigenvalue weighted by Gasteiger charge is -2.02. The van der Waals surface area contributed by atoms with Crippen LogP contribution in [0, 0.1) is 0 Å². The lowest BCUT2D eigenvalue weighted by Crippen LogP contribution is -2.14. The Bertz CT molecular complexity index is 650. The normalized spacial score (nSPS) is 10.6. The van der Waals surface area contributed by atoms with Gasteiger partial charge in [0.25, 0.3) is 5.91 Å². The molecule has 0 aliphatic rings. The first kappa shape index (κ1) is 13.7. The van der Waals surface area contributed by atoms with Gasteiger partial charge >= 0.3 is 5.97 Å². The molecular weight excluding hydrogens is 262 g/mol. The van der Waals surface area contributed by atoms with Gasteiger partial charge in [-0.3, -0.25) is 9.89 Å². The van der Waals surface area contributed by atoms with Crippen molar-refractivity contribution in [2.24, 2.45) is 0 Å². The quantitative estimate of drug-likeness (QED) is 0.772. The van der Waals surface area contributed by atoms with Gasteiger partial charge in [-0.05, 0) is 12.1 Å². The van der Waals surface area contributed by atoms with E-state index in [4.69, 9.17) is 5.11 Å². The van der Waals surface area contributed by atoms with E-state index in [0.29, 0.717) is 11.5 Å². The van der Waals surface area contributed by atoms with Crippen LogP contribution in [0.5, 0.6) is 0 Å². The summed E-state index contributed by atoms with van der Waals surface area (Å²) in [6.45, 7) is 3.84. The number of anilines is 1. The van der Waals surface area contributed by atoms with Gasteiger partial charge in [0.1, 0.15) is 11.5 Å². The standard InChI is InChI=1S/C12H13N5O3/c1-6(2)9-15-10(17-16-9)11(18)14-7-3-4-13-8(5-7)12(19)20/h3-6H,1-2H3,(H,19,20)(H,13,14,18)(H,15,16,17). The second-order valence-corrected chi connectivity index (χ2v) is 4.39. The summed E-state index contributed by atoms with van der Waals surface area (Å²) in [5.41, 5.74) is 0.166. The van der Waals surface area contributed by atoms with E-state index in [1.165, 1.54) is 18.3 Å². The lowest BCUT2D eigenvalue weighted by molar-refractivity contribution is 0.0690. The molecule has 2 heterocycles. The Balaban J connectivity index is 2.14. The number of pyridine rings is 1. The molecule has 20 heavy (non-hydrogen) atoms. The first-order chi connectivity index (χ1) is 9.47. The number of aromatic nitrogens is 4. The van der Waals surface area contributed by atoms with E-state index in [0.717, 1.165) is 0 Å². The Morgan fingerprint density at radius 1 is 1.40 bits per heavy atom. The van der Waals surface area contributed by atoms with Gasteiger partial charge in [-0.1, -0.05) is 13.8 Å². The Morgan fingerprint density at radius 3 is 2.75 bits per heavy atom. The summed E-state index contributed by atoms with van der Waals surface area (Å²) in [6.07, 6.45) is 1.30. The van der Waals surface area contributed by atoms with Crippen LogP contribution in [-0.4, -0.2) is 37.1 Å². The number of hydrogen-bond donors (Lipinski definition) is 3. The van der Waals surface area contributed by atoms with Crippen molar-refractivity contribution in [1.29, 1.82) is 0 Å². The highest BCUT2D eigenvalue weighted by atomic mass is 16.4. The predicted octanol–water partition coefficient (Wildman–Crippen LogP) is 1.27. The van der Waals surface area contributed by atoms with E-state index in [2.05, 4.69) is 25.5 Å². The van der Waals surface area contributed by atoms with Gasteiger partial charge < -0.3 is 10.4 Å². The van der Waals surface area contributed by atoms with Crippen LogP contribution in [0.2, 0.25) is 0 Å². The topological polar surface area (TPSA) is 121 Å². The van der Waals surface area contributed by atoms with Crippen LogP contribution in [0.3, 0.4) is 0 Å². The minimum Gasteiger partial charge on any atom is -0.477 e. The Morgan fingerprint density at radius 2 is 2.15 bits per heavy atom. The van der Waals surface area contributed by atoms with E-state index in [1.54, 1.807) is 0 Å². The summed E-state index contributed by atoms with van der Waals surface area (Å²) < 4.78 is 0. The van der Waals surface area contributed by atoms with E-state index in [-0.39, 0.29) is 17.4 Å². The second kappa shape index (κ2) is 5.47. The minimum atomic E-state index is -1.17. The summed E-state index contributed by atoms with van der Waals surface area (Å²) in [7, 11) is 0. The highest BCUT2D eigenvalue weighted by Gasteiger charge is 2.15. The number of amides is 1. The molecular formula is C12H13N5O3. The zero-order chi connectivity index (χ0) is 14.7. The summed E-state index contributed by atoms with van der Waals surface area (Å²) in [4.78, 5) is 30.4. The van der Waals surface area contributed by atoms with E-state index < -0.39 is 11.9 Å². The average Bonchev–Trinajstić information content (AvgIpc) is 2.88. The van der Waals surface area contributed by atoms with Gasteiger partial charge in [0.2, 0.25) is 5.82 Å². The van der Waals surface area contributed by atoms with Crippen molar-refractivity contribution in [2.45, 2.75) is 19.8 Å². The molecule has 0 fully saturated rings. The van der Waals surface area contributed by atoms with Crippen molar-refractivity contribution < 1.29 is 14.7 Å². The van der Waals surface area contributed by atoms with Crippen LogP contribution in [0.15, 0.2) is 18.3 Å². The fraction of sp³-hybridized carbons (Fsp3) is 0.250. The number of nitrogens with one attached hydrogen (secondary N) is 2. The SMILES string of the molecule is CC(C)c1nc(C(=O)Nc2ccnc(C(=O)O)c2)n[nH]1. The van der Waals surface area contributed by atoms with Crippen LogP contribution in [0.25, 0.3) is 0 Å². The van der Waals surface area contributed by atoms with Gasteiger partial charge in [-0.15, -0.1) is 5.10 Å². The molecule has 0 unspecified atom stereocenters. The van der Waals surface area contributed by atoms with E-state index >= 15 is 0 Å². The summed E-state index contributed by atoms with van der Waals surface area (Å²) in [6, 6.07) is 2.75.